The van der Waals surface area contributed by atoms with Crippen LogP contribution in [-0.2, 0) is 14.3 Å². The minimum absolute atomic E-state index is 0.234. The first-order valence-corrected chi connectivity index (χ1v) is 7.99. The smallest absolute Gasteiger partial charge is 0.408 e. The summed E-state index contributed by atoms with van der Waals surface area (Å²) in [5.74, 6) is 0.763. The van der Waals surface area contributed by atoms with Crippen LogP contribution >= 0.6 is 11.8 Å². The van der Waals surface area contributed by atoms with Crippen molar-refractivity contribution in [3.63, 3.8) is 0 Å². The Morgan fingerprint density at radius 1 is 1.29 bits per heavy atom. The van der Waals surface area contributed by atoms with E-state index in [4.69, 9.17) is 10.5 Å². The van der Waals surface area contributed by atoms with Gasteiger partial charge < -0.3 is 20.7 Å². The lowest BCUT2D eigenvalue weighted by Gasteiger charge is -2.30. The van der Waals surface area contributed by atoms with Crippen molar-refractivity contribution in [2.24, 2.45) is 5.73 Å². The van der Waals surface area contributed by atoms with Crippen LogP contribution in [-0.4, -0.2) is 59.0 Å². The molecule has 0 aromatic heterocycles. The number of alkyl carbamates (subject to hydrolysis) is 1. The lowest BCUT2D eigenvalue weighted by Crippen LogP contribution is -2.52. The molecule has 8 heteroatoms. The second kappa shape index (κ2) is 7.53. The highest BCUT2D eigenvalue weighted by Crippen LogP contribution is 2.12. The first-order chi connectivity index (χ1) is 9.69. The summed E-state index contributed by atoms with van der Waals surface area (Å²) < 4.78 is 5.11. The third-order valence-electron chi connectivity index (χ3n) is 2.72. The first-order valence-electron chi connectivity index (χ1n) is 6.83. The molecule has 120 valence electrons. The molecule has 0 aromatic carbocycles. The summed E-state index contributed by atoms with van der Waals surface area (Å²) in [6.07, 6.45) is -0.963. The van der Waals surface area contributed by atoms with Crippen LogP contribution in [0.1, 0.15) is 27.2 Å². The van der Waals surface area contributed by atoms with E-state index in [9.17, 15) is 14.4 Å². The van der Waals surface area contributed by atoms with Gasteiger partial charge >= 0.3 is 6.09 Å². The van der Waals surface area contributed by atoms with E-state index in [1.807, 2.05) is 0 Å². The van der Waals surface area contributed by atoms with Gasteiger partial charge in [-0.2, -0.15) is 11.8 Å². The molecule has 0 aliphatic carbocycles. The van der Waals surface area contributed by atoms with Crippen LogP contribution in [0, 0.1) is 0 Å². The van der Waals surface area contributed by atoms with Gasteiger partial charge in [-0.05, 0) is 20.8 Å². The average molecular weight is 317 g/mol. The molecule has 1 aliphatic heterocycles. The van der Waals surface area contributed by atoms with Crippen LogP contribution in [0.5, 0.6) is 0 Å². The molecule has 1 fully saturated rings. The fraction of sp³-hybridized carbons (Fsp3) is 0.769. The number of carbonyl (C=O) groups excluding carboxylic acids is 3. The normalized spacial score (nSPS) is 17.0. The molecule has 21 heavy (non-hydrogen) atoms. The molecular weight excluding hydrogens is 294 g/mol. The number of nitrogens with zero attached hydrogens (tertiary/aromatic N) is 1. The van der Waals surface area contributed by atoms with E-state index in [2.05, 4.69) is 5.32 Å². The predicted molar refractivity (Wildman–Crippen MR) is 80.9 cm³/mol. The van der Waals surface area contributed by atoms with Crippen LogP contribution in [0.25, 0.3) is 0 Å². The Morgan fingerprint density at radius 3 is 2.33 bits per heavy atom. The van der Waals surface area contributed by atoms with Crippen molar-refractivity contribution in [1.29, 1.82) is 0 Å². The van der Waals surface area contributed by atoms with Gasteiger partial charge in [0.05, 0.1) is 6.42 Å². The minimum Gasteiger partial charge on any atom is -0.444 e. The predicted octanol–water partition coefficient (Wildman–Crippen LogP) is 0.331. The fourth-order valence-corrected chi connectivity index (χ4v) is 2.76. The quantitative estimate of drug-likeness (QED) is 0.778. The van der Waals surface area contributed by atoms with Crippen LogP contribution in [0.4, 0.5) is 4.79 Å². The van der Waals surface area contributed by atoms with Crippen molar-refractivity contribution in [3.8, 4) is 0 Å². The second-order valence-electron chi connectivity index (χ2n) is 5.81. The van der Waals surface area contributed by atoms with Crippen LogP contribution in [0.3, 0.4) is 0 Å². The summed E-state index contributed by atoms with van der Waals surface area (Å²) in [6.45, 7) is 6.38. The summed E-state index contributed by atoms with van der Waals surface area (Å²) in [6, 6.07) is -0.972. The number of thioether (sulfide) groups is 1. The molecule has 7 nitrogen and oxygen atoms in total. The SMILES string of the molecule is CC(C)(C)OC(=O)N[C@@H](CC(N)=O)C(=O)N1CCSCC1. The Balaban J connectivity index is 2.68. The van der Waals surface area contributed by atoms with Crippen molar-refractivity contribution in [2.75, 3.05) is 24.6 Å². The molecule has 1 heterocycles. The largest absolute Gasteiger partial charge is 0.444 e. The zero-order valence-electron chi connectivity index (χ0n) is 12.7. The van der Waals surface area contributed by atoms with Gasteiger partial charge in [-0.25, -0.2) is 4.79 Å². The highest BCUT2D eigenvalue weighted by Gasteiger charge is 2.30. The van der Waals surface area contributed by atoms with E-state index in [1.165, 1.54) is 0 Å². The van der Waals surface area contributed by atoms with Crippen molar-refractivity contribution in [2.45, 2.75) is 38.8 Å². The van der Waals surface area contributed by atoms with E-state index in [1.54, 1.807) is 37.4 Å². The highest BCUT2D eigenvalue weighted by atomic mass is 32.2. The first kappa shape index (κ1) is 17.6. The number of nitrogens with one attached hydrogen (secondary N) is 1. The number of nitrogens with two attached hydrogens (primary N) is 1. The van der Waals surface area contributed by atoms with Crippen molar-refractivity contribution < 1.29 is 19.1 Å². The maximum Gasteiger partial charge on any atom is 0.408 e. The Labute approximate surface area is 128 Å². The summed E-state index contributed by atoms with van der Waals surface area (Å²) in [7, 11) is 0. The zero-order chi connectivity index (χ0) is 16.0. The monoisotopic (exact) mass is 317 g/mol. The average Bonchev–Trinajstić information content (AvgIpc) is 2.35. The van der Waals surface area contributed by atoms with Gasteiger partial charge in [0, 0.05) is 24.6 Å². The van der Waals surface area contributed by atoms with Gasteiger partial charge in [-0.15, -0.1) is 0 Å². The van der Waals surface area contributed by atoms with E-state index in [0.717, 1.165) is 11.5 Å². The number of primary amides is 1. The van der Waals surface area contributed by atoms with Crippen LogP contribution in [0.15, 0.2) is 0 Å². The zero-order valence-corrected chi connectivity index (χ0v) is 13.5. The van der Waals surface area contributed by atoms with E-state index >= 15 is 0 Å². The molecule has 0 bridgehead atoms. The molecule has 1 atom stereocenters. The van der Waals surface area contributed by atoms with Gasteiger partial charge in [0.15, 0.2) is 0 Å². The molecule has 0 radical (unpaired) electrons. The van der Waals surface area contributed by atoms with E-state index in [0.29, 0.717) is 13.1 Å². The standard InChI is InChI=1S/C13H23N3O4S/c1-13(2,3)20-12(19)15-9(8-10(14)17)11(18)16-4-6-21-7-5-16/h9H,4-8H2,1-3H3,(H2,14,17)(H,15,19)/t9-/m0/s1. The van der Waals surface area contributed by atoms with Gasteiger partial charge in [0.25, 0.3) is 0 Å². The number of rotatable bonds is 4. The van der Waals surface area contributed by atoms with Crippen molar-refractivity contribution >= 4 is 29.7 Å². The number of hydrogen-bond donors (Lipinski definition) is 2. The maximum absolute atomic E-state index is 12.4. The molecule has 0 saturated carbocycles. The Hall–Kier alpha value is -1.44. The third kappa shape index (κ3) is 6.70. The van der Waals surface area contributed by atoms with Gasteiger partial charge in [-0.1, -0.05) is 0 Å². The Kier molecular flexibility index (Phi) is 6.32. The topological polar surface area (TPSA) is 102 Å². The van der Waals surface area contributed by atoms with Gasteiger partial charge in [-0.3, -0.25) is 9.59 Å². The molecule has 0 unspecified atom stereocenters. The van der Waals surface area contributed by atoms with E-state index in [-0.39, 0.29) is 12.3 Å². The number of carbonyl (C=O) groups is 3. The summed E-state index contributed by atoms with van der Waals surface area (Å²) in [4.78, 5) is 36.9. The molecule has 1 aliphatic rings. The number of amides is 3. The molecule has 0 spiro atoms. The molecular formula is C13H23N3O4S. The fourth-order valence-electron chi connectivity index (χ4n) is 1.86. The molecule has 3 amide bonds. The second-order valence-corrected chi connectivity index (χ2v) is 7.03. The van der Waals surface area contributed by atoms with Gasteiger partial charge in [0.2, 0.25) is 11.8 Å². The summed E-state index contributed by atoms with van der Waals surface area (Å²) in [5, 5.41) is 2.44. The summed E-state index contributed by atoms with van der Waals surface area (Å²) >= 11 is 1.77. The maximum atomic E-state index is 12.4. The highest BCUT2D eigenvalue weighted by molar-refractivity contribution is 7.99. The Bertz CT molecular complexity index is 403. The molecule has 1 saturated heterocycles. The lowest BCUT2D eigenvalue weighted by molar-refractivity contribution is -0.135. The minimum atomic E-state index is -0.972. The van der Waals surface area contributed by atoms with Crippen LogP contribution in [0.2, 0.25) is 0 Å². The summed E-state index contributed by atoms with van der Waals surface area (Å²) in [5.41, 5.74) is 4.48. The van der Waals surface area contributed by atoms with Crippen LogP contribution < -0.4 is 11.1 Å². The Morgan fingerprint density at radius 2 is 1.86 bits per heavy atom. The van der Waals surface area contributed by atoms with E-state index < -0.39 is 23.6 Å². The number of hydrogen-bond acceptors (Lipinski definition) is 5. The lowest BCUT2D eigenvalue weighted by atomic mass is 10.1. The van der Waals surface area contributed by atoms with Crippen molar-refractivity contribution in [3.05, 3.63) is 0 Å². The molecule has 1 rings (SSSR count). The number of ether oxygens (including phenoxy) is 1. The molecule has 3 N–H and O–H groups in total. The molecule has 0 aromatic rings. The van der Waals surface area contributed by atoms with Crippen molar-refractivity contribution in [1.82, 2.24) is 10.2 Å². The van der Waals surface area contributed by atoms with Gasteiger partial charge in [0.1, 0.15) is 11.6 Å². The third-order valence-corrected chi connectivity index (χ3v) is 3.66.